The second kappa shape index (κ2) is 10.1. The predicted octanol–water partition coefficient (Wildman–Crippen LogP) is 6.03. The molecule has 0 radical (unpaired) electrons. The smallest absolute Gasteiger partial charge is 0.382 e. The third-order valence-corrected chi connectivity index (χ3v) is 6.09. The molecule has 3 heterocycles. The van der Waals surface area contributed by atoms with Crippen LogP contribution in [-0.4, -0.2) is 25.7 Å². The van der Waals surface area contributed by atoms with Crippen molar-refractivity contribution in [3.8, 4) is 17.5 Å². The van der Waals surface area contributed by atoms with Crippen molar-refractivity contribution < 1.29 is 18.0 Å². The van der Waals surface area contributed by atoms with Gasteiger partial charge in [0.2, 0.25) is 0 Å². The monoisotopic (exact) mass is 546 g/mol. The Bertz CT molecular complexity index is 1800. The number of anilines is 2. The van der Waals surface area contributed by atoms with E-state index in [0.717, 1.165) is 16.3 Å². The first-order valence-electron chi connectivity index (χ1n) is 11.5. The van der Waals surface area contributed by atoms with E-state index in [2.05, 4.69) is 32.2 Å². The number of alkyl halides is 3. The van der Waals surface area contributed by atoms with Crippen molar-refractivity contribution >= 4 is 40.0 Å². The summed E-state index contributed by atoms with van der Waals surface area (Å²) in [6.07, 6.45) is -1.62. The molecule has 0 spiro atoms. The molecule has 5 aromatic rings. The fraction of sp³-hybridized carbons (Fsp3) is 0.0714. The normalized spacial score (nSPS) is 11.2. The Hall–Kier alpha value is -4.88. The zero-order chi connectivity index (χ0) is 27.7. The average molecular weight is 547 g/mol. The predicted molar refractivity (Wildman–Crippen MR) is 143 cm³/mol. The third-order valence-electron chi connectivity index (χ3n) is 5.78. The zero-order valence-corrected chi connectivity index (χ0v) is 21.0. The SMILES string of the molecule is Cc1ccc(C(=O)Nc2cc(C(F)(F)F)nn2-c2ccc3ncccc3c2)cc1C#Cc1cnc(N)c(Cl)c1. The second-order valence-electron chi connectivity index (χ2n) is 8.53. The van der Waals surface area contributed by atoms with Gasteiger partial charge in [-0.1, -0.05) is 35.6 Å². The van der Waals surface area contributed by atoms with Gasteiger partial charge in [0.1, 0.15) is 11.6 Å². The lowest BCUT2D eigenvalue weighted by Gasteiger charge is -2.10. The molecule has 0 saturated carbocycles. The number of aromatic nitrogens is 4. The molecule has 11 heteroatoms. The number of carbonyl (C=O) groups excluding carboxylic acids is 1. The van der Waals surface area contributed by atoms with E-state index >= 15 is 0 Å². The number of nitrogens with zero attached hydrogens (tertiary/aromatic N) is 4. The highest BCUT2D eigenvalue weighted by Crippen LogP contribution is 2.32. The van der Waals surface area contributed by atoms with Crippen LogP contribution in [0.4, 0.5) is 24.8 Å². The molecule has 0 atom stereocenters. The van der Waals surface area contributed by atoms with Gasteiger partial charge in [-0.05, 0) is 55.0 Å². The Morgan fingerprint density at radius 1 is 1.05 bits per heavy atom. The number of nitrogens with one attached hydrogen (secondary N) is 1. The van der Waals surface area contributed by atoms with E-state index in [1.807, 2.05) is 6.92 Å². The number of nitrogen functional groups attached to an aromatic ring is 1. The van der Waals surface area contributed by atoms with Crippen molar-refractivity contribution in [2.45, 2.75) is 13.1 Å². The van der Waals surface area contributed by atoms with Crippen LogP contribution in [0.1, 0.15) is 32.7 Å². The second-order valence-corrected chi connectivity index (χ2v) is 8.94. The Morgan fingerprint density at radius 2 is 1.87 bits per heavy atom. The molecule has 0 fully saturated rings. The summed E-state index contributed by atoms with van der Waals surface area (Å²) in [4.78, 5) is 21.3. The van der Waals surface area contributed by atoms with Crippen LogP contribution in [0.5, 0.6) is 0 Å². The molecule has 3 N–H and O–H groups in total. The highest BCUT2D eigenvalue weighted by Gasteiger charge is 2.35. The first kappa shape index (κ1) is 25.8. The number of nitrogens with two attached hydrogens (primary N) is 1. The minimum atomic E-state index is -4.71. The van der Waals surface area contributed by atoms with Crippen LogP contribution in [0, 0.1) is 18.8 Å². The van der Waals surface area contributed by atoms with Gasteiger partial charge in [-0.2, -0.15) is 18.3 Å². The molecule has 0 saturated heterocycles. The largest absolute Gasteiger partial charge is 0.435 e. The molecule has 5 rings (SSSR count). The Morgan fingerprint density at radius 3 is 2.64 bits per heavy atom. The van der Waals surface area contributed by atoms with Crippen molar-refractivity contribution in [3.63, 3.8) is 0 Å². The summed E-state index contributed by atoms with van der Waals surface area (Å²) in [6.45, 7) is 1.82. The Balaban J connectivity index is 1.48. The van der Waals surface area contributed by atoms with Crippen LogP contribution in [-0.2, 0) is 6.18 Å². The lowest BCUT2D eigenvalue weighted by atomic mass is 10.0. The summed E-state index contributed by atoms with van der Waals surface area (Å²) in [6, 6.07) is 15.6. The first-order valence-corrected chi connectivity index (χ1v) is 11.8. The van der Waals surface area contributed by atoms with E-state index in [0.29, 0.717) is 27.7 Å². The van der Waals surface area contributed by atoms with Crippen molar-refractivity contribution in [1.82, 2.24) is 19.7 Å². The molecule has 7 nitrogen and oxygen atoms in total. The number of hydrogen-bond donors (Lipinski definition) is 2. The van der Waals surface area contributed by atoms with Crippen LogP contribution < -0.4 is 11.1 Å². The third kappa shape index (κ3) is 5.54. The molecular formula is C28H18ClF3N6O. The van der Waals surface area contributed by atoms with Gasteiger partial charge >= 0.3 is 6.18 Å². The number of fused-ring (bicyclic) bond motifs is 1. The Kier molecular flexibility index (Phi) is 6.68. The molecule has 0 aliphatic heterocycles. The fourth-order valence-electron chi connectivity index (χ4n) is 3.74. The maximum Gasteiger partial charge on any atom is 0.435 e. The van der Waals surface area contributed by atoms with Gasteiger partial charge in [0, 0.05) is 40.5 Å². The molecule has 3 aromatic heterocycles. The number of pyridine rings is 2. The molecule has 0 unspecified atom stereocenters. The summed E-state index contributed by atoms with van der Waals surface area (Å²) in [5.74, 6) is 5.30. The van der Waals surface area contributed by atoms with Gasteiger partial charge in [-0.25, -0.2) is 9.67 Å². The van der Waals surface area contributed by atoms with Gasteiger partial charge in [-0.15, -0.1) is 0 Å². The maximum absolute atomic E-state index is 13.5. The number of amides is 1. The van der Waals surface area contributed by atoms with Crippen molar-refractivity contribution in [1.29, 1.82) is 0 Å². The van der Waals surface area contributed by atoms with Gasteiger partial charge in [0.25, 0.3) is 5.91 Å². The minimum Gasteiger partial charge on any atom is -0.382 e. The summed E-state index contributed by atoms with van der Waals surface area (Å²) in [7, 11) is 0. The van der Waals surface area contributed by atoms with Crippen LogP contribution >= 0.6 is 11.6 Å². The van der Waals surface area contributed by atoms with E-state index in [-0.39, 0.29) is 22.2 Å². The number of halogens is 4. The maximum atomic E-state index is 13.5. The van der Waals surface area contributed by atoms with E-state index in [4.69, 9.17) is 17.3 Å². The van der Waals surface area contributed by atoms with E-state index in [1.54, 1.807) is 60.8 Å². The number of aryl methyl sites for hydroxylation is 1. The molecular weight excluding hydrogens is 529 g/mol. The van der Waals surface area contributed by atoms with E-state index in [1.165, 1.54) is 6.20 Å². The van der Waals surface area contributed by atoms with Crippen molar-refractivity contribution in [2.75, 3.05) is 11.1 Å². The fourth-order valence-corrected chi connectivity index (χ4v) is 3.91. The van der Waals surface area contributed by atoms with E-state index in [9.17, 15) is 18.0 Å². The molecule has 39 heavy (non-hydrogen) atoms. The number of benzene rings is 2. The molecule has 194 valence electrons. The highest BCUT2D eigenvalue weighted by atomic mass is 35.5. The van der Waals surface area contributed by atoms with Crippen LogP contribution in [0.3, 0.4) is 0 Å². The van der Waals surface area contributed by atoms with Gasteiger partial charge in [0.05, 0.1) is 16.2 Å². The summed E-state index contributed by atoms with van der Waals surface area (Å²) in [5, 5.41) is 7.25. The topological polar surface area (TPSA) is 98.7 Å². The summed E-state index contributed by atoms with van der Waals surface area (Å²) < 4.78 is 41.7. The summed E-state index contributed by atoms with van der Waals surface area (Å²) >= 11 is 6.00. The molecule has 1 amide bonds. The molecule has 0 aliphatic rings. The van der Waals surface area contributed by atoms with Crippen LogP contribution in [0.2, 0.25) is 5.02 Å². The summed E-state index contributed by atoms with van der Waals surface area (Å²) in [5.41, 5.74) is 7.54. The molecule has 0 bridgehead atoms. The number of hydrogen-bond acceptors (Lipinski definition) is 5. The van der Waals surface area contributed by atoms with Gasteiger partial charge < -0.3 is 11.1 Å². The Labute approximate surface area is 225 Å². The number of rotatable bonds is 3. The van der Waals surface area contributed by atoms with Crippen molar-refractivity contribution in [3.05, 3.63) is 106 Å². The minimum absolute atomic E-state index is 0.147. The van der Waals surface area contributed by atoms with Gasteiger partial charge in [0.15, 0.2) is 5.69 Å². The average Bonchev–Trinajstić information content (AvgIpc) is 3.34. The highest BCUT2D eigenvalue weighted by molar-refractivity contribution is 6.32. The van der Waals surface area contributed by atoms with E-state index < -0.39 is 17.8 Å². The molecule has 2 aromatic carbocycles. The van der Waals surface area contributed by atoms with Gasteiger partial charge in [-0.3, -0.25) is 9.78 Å². The van der Waals surface area contributed by atoms with Crippen LogP contribution in [0.25, 0.3) is 16.6 Å². The lowest BCUT2D eigenvalue weighted by Crippen LogP contribution is -2.15. The quantitative estimate of drug-likeness (QED) is 0.269. The van der Waals surface area contributed by atoms with Crippen LogP contribution in [0.15, 0.2) is 73.1 Å². The standard InChI is InChI=1S/C28H18ClF3N6O/c1-16-4-6-20(12-18(16)7-5-17-11-22(29)26(33)35-15-17)27(39)36-25-14-24(28(30,31)32)37-38(25)21-8-9-23-19(13-21)3-2-10-34-23/h2-4,6,8-15H,1H3,(H2,33,35)(H,36,39). The molecule has 0 aliphatic carbocycles. The van der Waals surface area contributed by atoms with Crippen molar-refractivity contribution in [2.24, 2.45) is 0 Å². The zero-order valence-electron chi connectivity index (χ0n) is 20.2. The number of carbonyl (C=O) groups is 1. The first-order chi connectivity index (χ1) is 18.6. The lowest BCUT2D eigenvalue weighted by molar-refractivity contribution is -0.141.